The first-order valence-electron chi connectivity index (χ1n) is 10.8. The fourth-order valence-corrected chi connectivity index (χ4v) is 4.77. The lowest BCUT2D eigenvalue weighted by Gasteiger charge is -2.27. The Morgan fingerprint density at radius 2 is 1.90 bits per heavy atom. The number of ether oxygens (including phenoxy) is 2. The molecule has 0 atom stereocenters. The number of benzene rings is 2. The van der Waals surface area contributed by atoms with Crippen LogP contribution in [-0.4, -0.2) is 36.9 Å². The predicted molar refractivity (Wildman–Crippen MR) is 128 cm³/mol. The molecule has 0 aliphatic carbocycles. The van der Waals surface area contributed by atoms with Gasteiger partial charge in [-0.1, -0.05) is 0 Å². The first-order chi connectivity index (χ1) is 14.9. The van der Waals surface area contributed by atoms with Gasteiger partial charge in [0.2, 0.25) is 0 Å². The van der Waals surface area contributed by atoms with Crippen molar-refractivity contribution >= 4 is 34.4 Å². The average Bonchev–Trinajstić information content (AvgIpc) is 3.14. The largest absolute Gasteiger partial charge is 0.399 e. The zero-order chi connectivity index (χ0) is 22.0. The van der Waals surface area contributed by atoms with Crippen LogP contribution in [0.3, 0.4) is 0 Å². The lowest BCUT2D eigenvalue weighted by molar-refractivity contribution is 0.00684. The zero-order valence-electron chi connectivity index (χ0n) is 18.8. The molecule has 2 heterocycles. The van der Waals surface area contributed by atoms with E-state index in [1.165, 1.54) is 0 Å². The van der Waals surface area contributed by atoms with E-state index in [1.54, 1.807) is 19.1 Å². The van der Waals surface area contributed by atoms with Crippen molar-refractivity contribution in [3.63, 3.8) is 0 Å². The monoisotopic (exact) mass is 440 g/mol. The summed E-state index contributed by atoms with van der Waals surface area (Å²) in [6.45, 7) is 6.80. The summed E-state index contributed by atoms with van der Waals surface area (Å²) in [5, 5.41) is 0. The van der Waals surface area contributed by atoms with Crippen molar-refractivity contribution < 1.29 is 9.47 Å². The molecular formula is C24H32N4O2S. The third-order valence-electron chi connectivity index (χ3n) is 6.05. The Kier molecular flexibility index (Phi) is 6.46. The number of rotatable bonds is 7. The van der Waals surface area contributed by atoms with E-state index in [1.807, 2.05) is 24.3 Å². The number of hydrogen-bond acceptors (Lipinski definition) is 6. The van der Waals surface area contributed by atoms with Gasteiger partial charge in [-0.2, -0.15) is 0 Å². The maximum absolute atomic E-state index is 5.82. The summed E-state index contributed by atoms with van der Waals surface area (Å²) >= 11 is 1.67. The normalized spacial score (nSPS) is 15.5. The first-order valence-corrected chi connectivity index (χ1v) is 11.6. The van der Waals surface area contributed by atoms with Gasteiger partial charge in [0.25, 0.3) is 0 Å². The first kappa shape index (κ1) is 22.0. The molecule has 0 saturated carbocycles. The molecule has 1 fully saturated rings. The second kappa shape index (κ2) is 9.10. The Balaban J connectivity index is 1.66. The summed E-state index contributed by atoms with van der Waals surface area (Å²) in [7, 11) is 3.82. The number of methoxy groups -OCH3 is 1. The Bertz CT molecular complexity index is 1030. The number of anilines is 2. The SMILES string of the molecule is COC(C)(C)c1nc2cc(N(C)Sc3ccc(N)cc3)ccc2n1CC1CCOCC1. The topological polar surface area (TPSA) is 65.5 Å². The highest BCUT2D eigenvalue weighted by Crippen LogP contribution is 2.34. The minimum absolute atomic E-state index is 0.463. The molecule has 1 aliphatic rings. The van der Waals surface area contributed by atoms with Crippen LogP contribution < -0.4 is 10.0 Å². The molecule has 0 bridgehead atoms. The van der Waals surface area contributed by atoms with Crippen LogP contribution in [0, 0.1) is 5.92 Å². The fourth-order valence-electron chi connectivity index (χ4n) is 3.98. The molecule has 6 nitrogen and oxygen atoms in total. The zero-order valence-corrected chi connectivity index (χ0v) is 19.6. The summed E-state index contributed by atoms with van der Waals surface area (Å²) in [6, 6.07) is 14.4. The van der Waals surface area contributed by atoms with Gasteiger partial charge in [-0.05, 0) is 87.0 Å². The van der Waals surface area contributed by atoms with Crippen molar-refractivity contribution in [2.75, 3.05) is 37.4 Å². The van der Waals surface area contributed by atoms with Crippen LogP contribution in [0.5, 0.6) is 0 Å². The van der Waals surface area contributed by atoms with E-state index in [0.29, 0.717) is 5.92 Å². The molecule has 31 heavy (non-hydrogen) atoms. The Morgan fingerprint density at radius 3 is 2.58 bits per heavy atom. The van der Waals surface area contributed by atoms with Gasteiger partial charge in [-0.3, -0.25) is 0 Å². The van der Waals surface area contributed by atoms with Crippen molar-refractivity contribution in [1.82, 2.24) is 9.55 Å². The number of aromatic nitrogens is 2. The molecule has 0 spiro atoms. The van der Waals surface area contributed by atoms with E-state index in [0.717, 1.165) is 65.7 Å². The molecule has 2 aromatic carbocycles. The van der Waals surface area contributed by atoms with Crippen LogP contribution in [0.2, 0.25) is 0 Å². The van der Waals surface area contributed by atoms with Gasteiger partial charge < -0.3 is 24.1 Å². The van der Waals surface area contributed by atoms with Crippen molar-refractivity contribution in [1.29, 1.82) is 0 Å². The highest BCUT2D eigenvalue weighted by atomic mass is 32.2. The third-order valence-corrected chi connectivity index (χ3v) is 7.02. The van der Waals surface area contributed by atoms with Gasteiger partial charge >= 0.3 is 0 Å². The summed E-state index contributed by atoms with van der Waals surface area (Å²) in [5.41, 5.74) is 9.37. The number of nitrogen functional groups attached to an aromatic ring is 1. The van der Waals surface area contributed by atoms with Gasteiger partial charge in [0, 0.05) is 50.2 Å². The van der Waals surface area contributed by atoms with E-state index in [2.05, 4.69) is 48.0 Å². The molecule has 2 N–H and O–H groups in total. The average molecular weight is 441 g/mol. The number of nitrogens with zero attached hydrogens (tertiary/aromatic N) is 3. The summed E-state index contributed by atoms with van der Waals surface area (Å²) < 4.78 is 15.9. The molecular weight excluding hydrogens is 408 g/mol. The maximum Gasteiger partial charge on any atom is 0.141 e. The van der Waals surface area contributed by atoms with Gasteiger partial charge in [-0.25, -0.2) is 4.98 Å². The van der Waals surface area contributed by atoms with Crippen LogP contribution in [0.25, 0.3) is 11.0 Å². The number of imidazole rings is 1. The third kappa shape index (κ3) is 4.84. The number of hydrogen-bond donors (Lipinski definition) is 1. The van der Waals surface area contributed by atoms with E-state index < -0.39 is 5.60 Å². The molecule has 0 unspecified atom stereocenters. The second-order valence-corrected chi connectivity index (χ2v) is 9.85. The molecule has 3 aromatic rings. The van der Waals surface area contributed by atoms with Crippen LogP contribution >= 0.6 is 11.9 Å². The Hall–Kier alpha value is -2.22. The van der Waals surface area contributed by atoms with Crippen molar-refractivity contribution in [2.45, 2.75) is 43.7 Å². The summed E-state index contributed by atoms with van der Waals surface area (Å²) in [4.78, 5) is 6.18. The lowest BCUT2D eigenvalue weighted by Crippen LogP contribution is -2.28. The van der Waals surface area contributed by atoms with Gasteiger partial charge in [-0.15, -0.1) is 0 Å². The maximum atomic E-state index is 5.82. The minimum Gasteiger partial charge on any atom is -0.399 e. The van der Waals surface area contributed by atoms with Crippen molar-refractivity contribution in [2.24, 2.45) is 5.92 Å². The van der Waals surface area contributed by atoms with Gasteiger partial charge in [0.1, 0.15) is 11.4 Å². The minimum atomic E-state index is -0.463. The molecule has 0 amide bonds. The Labute approximate surface area is 188 Å². The highest BCUT2D eigenvalue weighted by Gasteiger charge is 2.29. The van der Waals surface area contributed by atoms with Crippen LogP contribution in [0.15, 0.2) is 47.4 Å². The molecule has 0 radical (unpaired) electrons. The van der Waals surface area contributed by atoms with Crippen LogP contribution in [0.1, 0.15) is 32.5 Å². The lowest BCUT2D eigenvalue weighted by atomic mass is 9.99. The van der Waals surface area contributed by atoms with Gasteiger partial charge in [0.05, 0.1) is 11.0 Å². The summed E-state index contributed by atoms with van der Waals surface area (Å²) in [5.74, 6) is 1.57. The van der Waals surface area contributed by atoms with Crippen molar-refractivity contribution in [3.8, 4) is 0 Å². The van der Waals surface area contributed by atoms with E-state index in [9.17, 15) is 0 Å². The van der Waals surface area contributed by atoms with E-state index in [4.69, 9.17) is 20.2 Å². The molecule has 4 rings (SSSR count). The Morgan fingerprint density at radius 1 is 1.19 bits per heavy atom. The second-order valence-electron chi connectivity index (χ2n) is 8.65. The fraction of sp³-hybridized carbons (Fsp3) is 0.458. The molecule has 1 aromatic heterocycles. The van der Waals surface area contributed by atoms with E-state index >= 15 is 0 Å². The number of fused-ring (bicyclic) bond motifs is 1. The smallest absolute Gasteiger partial charge is 0.141 e. The van der Waals surface area contributed by atoms with Crippen molar-refractivity contribution in [3.05, 3.63) is 48.3 Å². The quantitative estimate of drug-likeness (QED) is 0.409. The van der Waals surface area contributed by atoms with Crippen LogP contribution in [0.4, 0.5) is 11.4 Å². The highest BCUT2D eigenvalue weighted by molar-refractivity contribution is 8.00. The van der Waals surface area contributed by atoms with Gasteiger partial charge in [0.15, 0.2) is 0 Å². The summed E-state index contributed by atoms with van der Waals surface area (Å²) in [6.07, 6.45) is 2.18. The molecule has 166 valence electrons. The molecule has 7 heteroatoms. The number of nitrogens with two attached hydrogens (primary N) is 1. The van der Waals surface area contributed by atoms with Crippen LogP contribution in [-0.2, 0) is 21.6 Å². The molecule has 1 aliphatic heterocycles. The predicted octanol–water partition coefficient (Wildman–Crippen LogP) is 5.07. The standard InChI is InChI=1S/C24H32N4O2S/c1-24(2,29-4)23-26-21-15-19(27(3)31-20-8-5-18(25)6-9-20)7-10-22(21)28(23)16-17-11-13-30-14-12-17/h5-10,15,17H,11-14,16,25H2,1-4H3. The molecule has 1 saturated heterocycles. The van der Waals surface area contributed by atoms with E-state index in [-0.39, 0.29) is 0 Å².